The first kappa shape index (κ1) is 11.2. The molecule has 0 unspecified atom stereocenters. The SMILES string of the molecule is C/C=C(\C)c1cnc(C(C)=C(C)C)s1. The first-order valence-electron chi connectivity index (χ1n) is 4.79. The second-order valence-corrected chi connectivity index (χ2v) is 4.66. The van der Waals surface area contributed by atoms with E-state index in [0.29, 0.717) is 0 Å². The van der Waals surface area contributed by atoms with Crippen LogP contribution in [0.25, 0.3) is 11.1 Å². The highest BCUT2D eigenvalue weighted by Gasteiger charge is 2.05. The Kier molecular flexibility index (Phi) is 3.64. The van der Waals surface area contributed by atoms with Gasteiger partial charge in [0.2, 0.25) is 0 Å². The van der Waals surface area contributed by atoms with Gasteiger partial charge in [0.1, 0.15) is 5.01 Å². The molecule has 0 saturated carbocycles. The van der Waals surface area contributed by atoms with Crippen LogP contribution in [0.2, 0.25) is 0 Å². The largest absolute Gasteiger partial charge is 0.244 e. The van der Waals surface area contributed by atoms with Crippen molar-refractivity contribution in [2.75, 3.05) is 0 Å². The standard InChI is InChI=1S/C12H17NS/c1-6-9(4)11-7-13-12(14-11)10(5)8(2)3/h6-7H,1-5H3/b9-6+. The zero-order valence-corrected chi connectivity index (χ0v) is 10.3. The summed E-state index contributed by atoms with van der Waals surface area (Å²) in [5, 5.41) is 1.14. The summed E-state index contributed by atoms with van der Waals surface area (Å²) in [6.45, 7) is 10.6. The monoisotopic (exact) mass is 207 g/mol. The summed E-state index contributed by atoms with van der Waals surface area (Å²) in [7, 11) is 0. The molecule has 2 heteroatoms. The molecule has 0 amide bonds. The molecule has 0 aliphatic carbocycles. The molecule has 0 aliphatic rings. The van der Waals surface area contributed by atoms with E-state index in [1.165, 1.54) is 21.6 Å². The predicted octanol–water partition coefficient (Wildman–Crippen LogP) is 4.38. The molecule has 0 aliphatic heterocycles. The van der Waals surface area contributed by atoms with E-state index >= 15 is 0 Å². The Morgan fingerprint density at radius 2 is 1.93 bits per heavy atom. The predicted molar refractivity (Wildman–Crippen MR) is 65.4 cm³/mol. The van der Waals surface area contributed by atoms with E-state index in [9.17, 15) is 0 Å². The van der Waals surface area contributed by atoms with Gasteiger partial charge in [-0.1, -0.05) is 11.6 Å². The molecule has 0 radical (unpaired) electrons. The second kappa shape index (κ2) is 4.56. The Morgan fingerprint density at radius 1 is 1.29 bits per heavy atom. The van der Waals surface area contributed by atoms with Crippen molar-refractivity contribution in [3.8, 4) is 0 Å². The molecule has 76 valence electrons. The van der Waals surface area contributed by atoms with Crippen LogP contribution in [-0.2, 0) is 0 Å². The van der Waals surface area contributed by atoms with Crippen LogP contribution in [0, 0.1) is 0 Å². The number of thiazole rings is 1. The van der Waals surface area contributed by atoms with Crippen molar-refractivity contribution in [3.05, 3.63) is 27.7 Å². The van der Waals surface area contributed by atoms with Crippen LogP contribution in [0.15, 0.2) is 17.8 Å². The van der Waals surface area contributed by atoms with Crippen LogP contribution in [-0.4, -0.2) is 4.98 Å². The van der Waals surface area contributed by atoms with E-state index in [0.717, 1.165) is 5.01 Å². The molecular formula is C12H17NS. The summed E-state index contributed by atoms with van der Waals surface area (Å²) in [5.41, 5.74) is 3.93. The molecular weight excluding hydrogens is 190 g/mol. The van der Waals surface area contributed by atoms with Gasteiger partial charge in [-0.15, -0.1) is 11.3 Å². The third-order valence-electron chi connectivity index (χ3n) is 2.40. The highest BCUT2D eigenvalue weighted by atomic mass is 32.1. The number of nitrogens with zero attached hydrogens (tertiary/aromatic N) is 1. The van der Waals surface area contributed by atoms with Crippen molar-refractivity contribution in [1.29, 1.82) is 0 Å². The molecule has 0 saturated heterocycles. The van der Waals surface area contributed by atoms with Crippen LogP contribution < -0.4 is 0 Å². The van der Waals surface area contributed by atoms with Gasteiger partial charge < -0.3 is 0 Å². The van der Waals surface area contributed by atoms with Crippen LogP contribution in [0.4, 0.5) is 0 Å². The topological polar surface area (TPSA) is 12.9 Å². The third-order valence-corrected chi connectivity index (χ3v) is 3.65. The molecule has 1 aromatic heterocycles. The lowest BCUT2D eigenvalue weighted by atomic mass is 10.2. The average Bonchev–Trinajstić information content (AvgIpc) is 2.64. The van der Waals surface area contributed by atoms with E-state index < -0.39 is 0 Å². The smallest absolute Gasteiger partial charge is 0.119 e. The first-order valence-corrected chi connectivity index (χ1v) is 5.61. The Labute approximate surface area is 90.2 Å². The lowest BCUT2D eigenvalue weighted by Gasteiger charge is -1.97. The lowest BCUT2D eigenvalue weighted by molar-refractivity contribution is 1.30. The Morgan fingerprint density at radius 3 is 2.43 bits per heavy atom. The zero-order chi connectivity index (χ0) is 10.7. The van der Waals surface area contributed by atoms with Gasteiger partial charge in [-0.3, -0.25) is 0 Å². The maximum absolute atomic E-state index is 4.43. The molecule has 0 fully saturated rings. The van der Waals surface area contributed by atoms with E-state index in [1.54, 1.807) is 11.3 Å². The third kappa shape index (κ3) is 2.32. The number of aromatic nitrogens is 1. The molecule has 0 bridgehead atoms. The van der Waals surface area contributed by atoms with Crippen molar-refractivity contribution in [2.45, 2.75) is 34.6 Å². The minimum atomic E-state index is 1.14. The van der Waals surface area contributed by atoms with Crippen molar-refractivity contribution in [2.24, 2.45) is 0 Å². The molecule has 14 heavy (non-hydrogen) atoms. The maximum Gasteiger partial charge on any atom is 0.119 e. The van der Waals surface area contributed by atoms with Gasteiger partial charge in [-0.25, -0.2) is 4.98 Å². The van der Waals surface area contributed by atoms with Gasteiger partial charge in [0.15, 0.2) is 0 Å². The molecule has 1 nitrogen and oxygen atoms in total. The lowest BCUT2D eigenvalue weighted by Crippen LogP contribution is -1.78. The fourth-order valence-corrected chi connectivity index (χ4v) is 2.04. The number of hydrogen-bond donors (Lipinski definition) is 0. The second-order valence-electron chi connectivity index (χ2n) is 3.63. The average molecular weight is 207 g/mol. The molecule has 1 heterocycles. The fraction of sp³-hybridized carbons (Fsp3) is 0.417. The molecule has 0 aromatic carbocycles. The number of allylic oxidation sites excluding steroid dienone is 4. The molecule has 1 aromatic rings. The first-order chi connectivity index (χ1) is 6.56. The zero-order valence-electron chi connectivity index (χ0n) is 9.51. The minimum absolute atomic E-state index is 1.14. The van der Waals surface area contributed by atoms with E-state index in [2.05, 4.69) is 45.7 Å². The Balaban J connectivity index is 3.06. The summed E-state index contributed by atoms with van der Waals surface area (Å²) in [6, 6.07) is 0. The fourth-order valence-electron chi connectivity index (χ4n) is 0.986. The van der Waals surface area contributed by atoms with Crippen molar-refractivity contribution < 1.29 is 0 Å². The van der Waals surface area contributed by atoms with Gasteiger partial charge in [-0.05, 0) is 45.8 Å². The van der Waals surface area contributed by atoms with E-state index in [-0.39, 0.29) is 0 Å². The van der Waals surface area contributed by atoms with Crippen molar-refractivity contribution in [3.63, 3.8) is 0 Å². The molecule has 0 spiro atoms. The minimum Gasteiger partial charge on any atom is -0.244 e. The molecule has 0 atom stereocenters. The Bertz CT molecular complexity index is 379. The van der Waals surface area contributed by atoms with Gasteiger partial charge in [-0.2, -0.15) is 0 Å². The summed E-state index contributed by atoms with van der Waals surface area (Å²) < 4.78 is 0. The van der Waals surface area contributed by atoms with Crippen molar-refractivity contribution in [1.82, 2.24) is 4.98 Å². The highest BCUT2D eigenvalue weighted by molar-refractivity contribution is 7.13. The van der Waals surface area contributed by atoms with Gasteiger partial charge in [0, 0.05) is 6.20 Å². The van der Waals surface area contributed by atoms with Crippen LogP contribution >= 0.6 is 11.3 Å². The quantitative estimate of drug-likeness (QED) is 0.701. The summed E-state index contributed by atoms with van der Waals surface area (Å²) in [4.78, 5) is 5.69. The number of hydrogen-bond acceptors (Lipinski definition) is 2. The summed E-state index contributed by atoms with van der Waals surface area (Å²) in [6.07, 6.45) is 4.08. The summed E-state index contributed by atoms with van der Waals surface area (Å²) >= 11 is 1.76. The van der Waals surface area contributed by atoms with Gasteiger partial charge in [0.05, 0.1) is 4.88 Å². The van der Waals surface area contributed by atoms with E-state index in [4.69, 9.17) is 0 Å². The van der Waals surface area contributed by atoms with Gasteiger partial charge >= 0.3 is 0 Å². The van der Waals surface area contributed by atoms with Crippen LogP contribution in [0.3, 0.4) is 0 Å². The van der Waals surface area contributed by atoms with Crippen molar-refractivity contribution >= 4 is 22.5 Å². The normalized spacial score (nSPS) is 11.6. The van der Waals surface area contributed by atoms with Gasteiger partial charge in [0.25, 0.3) is 0 Å². The Hall–Kier alpha value is -0.890. The van der Waals surface area contributed by atoms with E-state index in [1.807, 2.05) is 6.20 Å². The molecule has 0 N–H and O–H groups in total. The van der Waals surface area contributed by atoms with Crippen LogP contribution in [0.1, 0.15) is 44.5 Å². The number of rotatable bonds is 2. The van der Waals surface area contributed by atoms with Crippen LogP contribution in [0.5, 0.6) is 0 Å². The maximum atomic E-state index is 4.43. The highest BCUT2D eigenvalue weighted by Crippen LogP contribution is 2.27. The summed E-state index contributed by atoms with van der Waals surface area (Å²) in [5.74, 6) is 0. The molecule has 1 rings (SSSR count).